The van der Waals surface area contributed by atoms with Crippen molar-refractivity contribution in [3.8, 4) is 0 Å². The van der Waals surface area contributed by atoms with Crippen LogP contribution in [0.4, 0.5) is 0 Å². The van der Waals surface area contributed by atoms with E-state index in [0.717, 1.165) is 31.9 Å². The van der Waals surface area contributed by atoms with Crippen molar-refractivity contribution in [3.05, 3.63) is 53.3 Å². The molecular weight excluding hydrogens is 374 g/mol. The molecule has 0 radical (unpaired) electrons. The summed E-state index contributed by atoms with van der Waals surface area (Å²) >= 11 is 0. The second-order valence-electron chi connectivity index (χ2n) is 9.79. The van der Waals surface area contributed by atoms with Gasteiger partial charge in [-0.05, 0) is 52.3 Å². The molecule has 4 rings (SSSR count). The Hall–Kier alpha value is -2.18. The van der Waals surface area contributed by atoms with Gasteiger partial charge in [0, 0.05) is 44.7 Å². The van der Waals surface area contributed by atoms with Crippen molar-refractivity contribution < 1.29 is 4.79 Å². The van der Waals surface area contributed by atoms with Gasteiger partial charge in [0.1, 0.15) is 5.69 Å². The Morgan fingerprint density at radius 1 is 1.17 bits per heavy atom. The minimum Gasteiger partial charge on any atom is -0.349 e. The molecule has 2 aromatic rings. The Morgan fingerprint density at radius 2 is 1.90 bits per heavy atom. The first kappa shape index (κ1) is 21.1. The van der Waals surface area contributed by atoms with Crippen LogP contribution in [0.2, 0.25) is 0 Å². The Balaban J connectivity index is 1.40. The summed E-state index contributed by atoms with van der Waals surface area (Å²) in [4.78, 5) is 17.9. The molecule has 1 amide bonds. The highest BCUT2D eigenvalue weighted by Gasteiger charge is 2.31. The van der Waals surface area contributed by atoms with Crippen LogP contribution in [-0.2, 0) is 5.54 Å². The summed E-state index contributed by atoms with van der Waals surface area (Å²) in [5, 5.41) is 7.92. The summed E-state index contributed by atoms with van der Waals surface area (Å²) in [5.74, 6) is 0.520. The molecule has 1 N–H and O–H groups in total. The maximum atomic E-state index is 13.0. The first-order chi connectivity index (χ1) is 14.3. The van der Waals surface area contributed by atoms with Crippen LogP contribution in [0.1, 0.15) is 67.3 Å². The highest BCUT2D eigenvalue weighted by atomic mass is 16.2. The zero-order chi connectivity index (χ0) is 21.3. The number of piperazine rings is 1. The van der Waals surface area contributed by atoms with E-state index in [1.54, 1.807) is 0 Å². The number of likely N-dealkylation sites (N-methyl/N-ethyl adjacent to an activating group) is 1. The van der Waals surface area contributed by atoms with Crippen molar-refractivity contribution in [1.82, 2.24) is 24.9 Å². The number of nitrogens with one attached hydrogen (secondary N) is 1. The van der Waals surface area contributed by atoms with Crippen molar-refractivity contribution in [1.29, 1.82) is 0 Å². The number of carbonyl (C=O) groups is 1. The predicted molar refractivity (Wildman–Crippen MR) is 120 cm³/mol. The molecule has 2 fully saturated rings. The average molecular weight is 410 g/mol. The van der Waals surface area contributed by atoms with Gasteiger partial charge in [0.05, 0.1) is 11.2 Å². The molecule has 30 heavy (non-hydrogen) atoms. The lowest BCUT2D eigenvalue weighted by molar-refractivity contribution is 0.0834. The zero-order valence-corrected chi connectivity index (χ0v) is 18.8. The number of carbonyl (C=O) groups excluding carboxylic acids is 1. The molecule has 1 unspecified atom stereocenters. The summed E-state index contributed by atoms with van der Waals surface area (Å²) in [6.07, 6.45) is 2.37. The molecule has 1 aliphatic heterocycles. The Labute approximate surface area is 180 Å². The summed E-state index contributed by atoms with van der Waals surface area (Å²) in [7, 11) is 2.18. The molecule has 6 heteroatoms. The molecule has 6 nitrogen and oxygen atoms in total. The van der Waals surface area contributed by atoms with Gasteiger partial charge in [0.25, 0.3) is 5.91 Å². The molecule has 1 saturated carbocycles. The van der Waals surface area contributed by atoms with E-state index in [-0.39, 0.29) is 11.4 Å². The van der Waals surface area contributed by atoms with Crippen LogP contribution >= 0.6 is 0 Å². The molecule has 162 valence electrons. The van der Waals surface area contributed by atoms with E-state index in [9.17, 15) is 4.79 Å². The van der Waals surface area contributed by atoms with Crippen molar-refractivity contribution in [2.24, 2.45) is 0 Å². The van der Waals surface area contributed by atoms with Crippen molar-refractivity contribution in [3.63, 3.8) is 0 Å². The largest absolute Gasteiger partial charge is 0.349 e. The fraction of sp³-hybridized carbons (Fsp3) is 0.583. The van der Waals surface area contributed by atoms with Crippen LogP contribution in [-0.4, -0.2) is 65.3 Å². The van der Waals surface area contributed by atoms with Crippen LogP contribution in [0.15, 0.2) is 36.4 Å². The first-order valence-electron chi connectivity index (χ1n) is 11.2. The number of benzene rings is 1. The van der Waals surface area contributed by atoms with Gasteiger partial charge >= 0.3 is 0 Å². The van der Waals surface area contributed by atoms with Crippen molar-refractivity contribution in [2.45, 2.75) is 51.1 Å². The number of amides is 1. The van der Waals surface area contributed by atoms with Gasteiger partial charge in [0.15, 0.2) is 0 Å². The highest BCUT2D eigenvalue weighted by molar-refractivity contribution is 5.92. The Morgan fingerprint density at radius 3 is 2.57 bits per heavy atom. The minimum atomic E-state index is -0.213. The fourth-order valence-electron chi connectivity index (χ4n) is 4.27. The number of hydrogen-bond donors (Lipinski definition) is 1. The van der Waals surface area contributed by atoms with Crippen molar-refractivity contribution >= 4 is 5.91 Å². The van der Waals surface area contributed by atoms with Gasteiger partial charge in [-0.2, -0.15) is 5.10 Å². The lowest BCUT2D eigenvalue weighted by Crippen LogP contribution is -2.49. The number of hydrogen-bond acceptors (Lipinski definition) is 4. The van der Waals surface area contributed by atoms with E-state index in [1.165, 1.54) is 18.4 Å². The molecule has 0 spiro atoms. The lowest BCUT2D eigenvalue weighted by Gasteiger charge is -2.40. The van der Waals surface area contributed by atoms with Crippen LogP contribution in [0, 0.1) is 0 Å². The molecule has 1 aromatic heterocycles. The normalized spacial score (nSPS) is 21.0. The molecule has 2 heterocycles. The molecule has 1 atom stereocenters. The third-order valence-electron chi connectivity index (χ3n) is 6.16. The third kappa shape index (κ3) is 4.76. The van der Waals surface area contributed by atoms with E-state index in [1.807, 2.05) is 10.7 Å². The van der Waals surface area contributed by atoms with E-state index in [2.05, 4.69) is 73.3 Å². The van der Waals surface area contributed by atoms with Crippen LogP contribution in [0.3, 0.4) is 0 Å². The predicted octanol–water partition coefficient (Wildman–Crippen LogP) is 3.23. The van der Waals surface area contributed by atoms with Gasteiger partial charge in [0.2, 0.25) is 0 Å². The van der Waals surface area contributed by atoms with Crippen LogP contribution in [0.5, 0.6) is 0 Å². The first-order valence-corrected chi connectivity index (χ1v) is 11.2. The third-order valence-corrected chi connectivity index (χ3v) is 6.16. The summed E-state index contributed by atoms with van der Waals surface area (Å²) < 4.78 is 1.90. The SMILES string of the molecule is CN1CCN(CCNC(=O)c2cc(C3CC3)nn2C(C)(C)C)C(c2ccccc2)C1. The lowest BCUT2D eigenvalue weighted by atomic mass is 10.0. The Kier molecular flexibility index (Phi) is 5.98. The highest BCUT2D eigenvalue weighted by Crippen LogP contribution is 2.40. The summed E-state index contributed by atoms with van der Waals surface area (Å²) in [6, 6.07) is 13.1. The van der Waals surface area contributed by atoms with E-state index in [4.69, 9.17) is 5.10 Å². The monoisotopic (exact) mass is 409 g/mol. The standard InChI is InChI=1S/C24H35N5O/c1-24(2,3)29-21(16-20(26-29)18-10-11-18)23(30)25-12-13-28-15-14-27(4)17-22(28)19-8-6-5-7-9-19/h5-9,16,18,22H,10-15,17H2,1-4H3,(H,25,30). The summed E-state index contributed by atoms with van der Waals surface area (Å²) in [6.45, 7) is 10.9. The molecule has 1 saturated heterocycles. The molecule has 1 aromatic carbocycles. The van der Waals surface area contributed by atoms with Gasteiger partial charge in [-0.3, -0.25) is 14.4 Å². The number of rotatable bonds is 6. The van der Waals surface area contributed by atoms with Gasteiger partial charge in [-0.1, -0.05) is 30.3 Å². The second-order valence-corrected chi connectivity index (χ2v) is 9.79. The summed E-state index contributed by atoms with van der Waals surface area (Å²) in [5.41, 5.74) is 2.88. The topological polar surface area (TPSA) is 53.4 Å². The van der Waals surface area contributed by atoms with E-state index < -0.39 is 0 Å². The zero-order valence-electron chi connectivity index (χ0n) is 18.8. The maximum absolute atomic E-state index is 13.0. The van der Waals surface area contributed by atoms with Gasteiger partial charge < -0.3 is 10.2 Å². The quantitative estimate of drug-likeness (QED) is 0.796. The molecule has 2 aliphatic rings. The van der Waals surface area contributed by atoms with Gasteiger partial charge in [-0.15, -0.1) is 0 Å². The van der Waals surface area contributed by atoms with Gasteiger partial charge in [-0.25, -0.2) is 0 Å². The van der Waals surface area contributed by atoms with E-state index >= 15 is 0 Å². The average Bonchev–Trinajstić information content (AvgIpc) is 3.46. The molecule has 0 bridgehead atoms. The maximum Gasteiger partial charge on any atom is 0.269 e. The minimum absolute atomic E-state index is 0.0188. The fourth-order valence-corrected chi connectivity index (χ4v) is 4.27. The smallest absolute Gasteiger partial charge is 0.269 e. The Bertz CT molecular complexity index is 865. The van der Waals surface area contributed by atoms with Crippen LogP contribution < -0.4 is 5.32 Å². The number of aromatic nitrogens is 2. The van der Waals surface area contributed by atoms with Crippen molar-refractivity contribution in [2.75, 3.05) is 39.8 Å². The molecule has 1 aliphatic carbocycles. The van der Waals surface area contributed by atoms with Crippen LogP contribution in [0.25, 0.3) is 0 Å². The second kappa shape index (κ2) is 8.52. The molecular formula is C24H35N5O. The van der Waals surface area contributed by atoms with E-state index in [0.29, 0.717) is 24.2 Å². The number of nitrogens with zero attached hydrogens (tertiary/aromatic N) is 4.